The molecule has 0 saturated carbocycles. The third-order valence-electron chi connectivity index (χ3n) is 2.16. The maximum atomic E-state index is 10.8. The number of esters is 1. The van der Waals surface area contributed by atoms with Crippen LogP contribution in [0.25, 0.3) is 0 Å². The lowest BCUT2D eigenvalue weighted by Gasteiger charge is -2.13. The van der Waals surface area contributed by atoms with Crippen molar-refractivity contribution in [1.29, 1.82) is 0 Å². The topological polar surface area (TPSA) is 55.7 Å². The molecule has 1 aliphatic carbocycles. The van der Waals surface area contributed by atoms with Gasteiger partial charge in [-0.15, -0.1) is 0 Å². The summed E-state index contributed by atoms with van der Waals surface area (Å²) in [6.07, 6.45) is 7.33. The number of hydrogen-bond acceptors (Lipinski definition) is 4. The largest absolute Gasteiger partial charge is 0.466 e. The molecule has 0 saturated heterocycles. The van der Waals surface area contributed by atoms with E-state index in [0.717, 1.165) is 18.4 Å². The van der Waals surface area contributed by atoms with Gasteiger partial charge >= 0.3 is 5.97 Å². The lowest BCUT2D eigenvalue weighted by atomic mass is 9.95. The summed E-state index contributed by atoms with van der Waals surface area (Å²) < 4.78 is 4.46. The molecule has 4 nitrogen and oxygen atoms in total. The highest BCUT2D eigenvalue weighted by Gasteiger charge is 2.13. The minimum absolute atomic E-state index is 0.141. The van der Waals surface area contributed by atoms with Gasteiger partial charge < -0.3 is 4.74 Å². The van der Waals surface area contributed by atoms with Gasteiger partial charge in [0.05, 0.1) is 13.2 Å². The average Bonchev–Trinajstić information content (AvgIpc) is 2.26. The number of carbonyl (C=O) groups is 1. The number of allylic oxidation sites excluding steroid dienone is 2. The standard InChI is InChI=1S/C10H13NO3/c1-14-10(12)6-5-8-3-2-4-9(7-8)11-13/h3,5-6,9H,2,4,7H2,1H3/b6-5+. The van der Waals surface area contributed by atoms with Crippen LogP contribution >= 0.6 is 0 Å². The third-order valence-corrected chi connectivity index (χ3v) is 2.16. The van der Waals surface area contributed by atoms with Gasteiger partial charge in [0.2, 0.25) is 0 Å². The van der Waals surface area contributed by atoms with Crippen molar-refractivity contribution in [3.63, 3.8) is 0 Å². The van der Waals surface area contributed by atoms with Gasteiger partial charge in [0, 0.05) is 6.08 Å². The van der Waals surface area contributed by atoms with Gasteiger partial charge in [0.25, 0.3) is 0 Å². The molecule has 76 valence electrons. The van der Waals surface area contributed by atoms with Gasteiger partial charge in [-0.2, -0.15) is 4.91 Å². The first-order valence-electron chi connectivity index (χ1n) is 4.53. The Balaban J connectivity index is 2.52. The molecule has 1 atom stereocenters. The number of carbonyl (C=O) groups excluding carboxylic acids is 1. The second-order valence-electron chi connectivity index (χ2n) is 3.18. The summed E-state index contributed by atoms with van der Waals surface area (Å²) in [5.41, 5.74) is 0.978. The van der Waals surface area contributed by atoms with Crippen LogP contribution < -0.4 is 0 Å². The van der Waals surface area contributed by atoms with Crippen molar-refractivity contribution in [3.05, 3.63) is 28.7 Å². The van der Waals surface area contributed by atoms with Crippen LogP contribution in [0.15, 0.2) is 29.0 Å². The van der Waals surface area contributed by atoms with Crippen molar-refractivity contribution < 1.29 is 9.53 Å². The Morgan fingerprint density at radius 1 is 1.71 bits per heavy atom. The van der Waals surface area contributed by atoms with Crippen LogP contribution in [0.4, 0.5) is 0 Å². The molecule has 0 spiro atoms. The summed E-state index contributed by atoms with van der Waals surface area (Å²) in [5.74, 6) is -0.382. The molecule has 0 radical (unpaired) electrons. The second-order valence-corrected chi connectivity index (χ2v) is 3.18. The number of methoxy groups -OCH3 is 1. The molecule has 0 N–H and O–H groups in total. The predicted molar refractivity (Wildman–Crippen MR) is 52.7 cm³/mol. The number of nitroso groups, excluding NO2 is 1. The summed E-state index contributed by atoms with van der Waals surface area (Å²) in [7, 11) is 1.33. The Hall–Kier alpha value is -1.45. The van der Waals surface area contributed by atoms with E-state index in [0.29, 0.717) is 6.42 Å². The molecule has 1 aliphatic rings. The zero-order chi connectivity index (χ0) is 10.4. The van der Waals surface area contributed by atoms with Crippen molar-refractivity contribution in [3.8, 4) is 0 Å². The van der Waals surface area contributed by atoms with E-state index < -0.39 is 0 Å². The molecule has 4 heteroatoms. The number of hydrogen-bond donors (Lipinski definition) is 0. The summed E-state index contributed by atoms with van der Waals surface area (Å²) in [5, 5.41) is 3.00. The van der Waals surface area contributed by atoms with Gasteiger partial charge in [-0.25, -0.2) is 4.79 Å². The van der Waals surface area contributed by atoms with Gasteiger partial charge in [-0.3, -0.25) is 0 Å². The summed E-state index contributed by atoms with van der Waals surface area (Å²) in [6.45, 7) is 0. The monoisotopic (exact) mass is 195 g/mol. The maximum absolute atomic E-state index is 10.8. The summed E-state index contributed by atoms with van der Waals surface area (Å²) in [4.78, 5) is 21.1. The van der Waals surface area contributed by atoms with Crippen LogP contribution in [0.5, 0.6) is 0 Å². The molecule has 0 bridgehead atoms. The van der Waals surface area contributed by atoms with E-state index in [4.69, 9.17) is 0 Å². The Kier molecular flexibility index (Phi) is 4.04. The molecule has 0 aliphatic heterocycles. The molecule has 0 heterocycles. The zero-order valence-electron chi connectivity index (χ0n) is 8.10. The number of nitrogens with zero attached hydrogens (tertiary/aromatic N) is 1. The van der Waals surface area contributed by atoms with E-state index in [9.17, 15) is 9.70 Å². The minimum atomic E-state index is -0.382. The van der Waals surface area contributed by atoms with Gasteiger partial charge in [-0.05, 0) is 24.8 Å². The Morgan fingerprint density at radius 3 is 3.14 bits per heavy atom. The first-order valence-corrected chi connectivity index (χ1v) is 4.53. The van der Waals surface area contributed by atoms with Crippen LogP contribution in [0, 0.1) is 4.91 Å². The molecular weight excluding hydrogens is 182 g/mol. The van der Waals surface area contributed by atoms with Crippen molar-refractivity contribution in [1.82, 2.24) is 0 Å². The lowest BCUT2D eigenvalue weighted by molar-refractivity contribution is -0.134. The normalized spacial score (nSPS) is 21.8. The van der Waals surface area contributed by atoms with Crippen LogP contribution in [0.1, 0.15) is 19.3 Å². The van der Waals surface area contributed by atoms with E-state index in [1.807, 2.05) is 6.08 Å². The van der Waals surface area contributed by atoms with Crippen molar-refractivity contribution in [2.24, 2.45) is 5.18 Å². The highest BCUT2D eigenvalue weighted by Crippen LogP contribution is 2.21. The molecule has 0 aromatic heterocycles. The van der Waals surface area contributed by atoms with Crippen LogP contribution in [-0.2, 0) is 9.53 Å². The quantitative estimate of drug-likeness (QED) is 0.393. The van der Waals surface area contributed by atoms with Gasteiger partial charge in [0.15, 0.2) is 0 Å². The highest BCUT2D eigenvalue weighted by molar-refractivity contribution is 5.82. The smallest absolute Gasteiger partial charge is 0.330 e. The fourth-order valence-electron chi connectivity index (χ4n) is 1.39. The maximum Gasteiger partial charge on any atom is 0.330 e. The van der Waals surface area contributed by atoms with E-state index in [1.165, 1.54) is 13.2 Å². The summed E-state index contributed by atoms with van der Waals surface area (Å²) in [6, 6.07) is -0.141. The Morgan fingerprint density at radius 2 is 2.50 bits per heavy atom. The van der Waals surface area contributed by atoms with Gasteiger partial charge in [-0.1, -0.05) is 17.3 Å². The fourth-order valence-corrected chi connectivity index (χ4v) is 1.39. The van der Waals surface area contributed by atoms with Crippen molar-refractivity contribution >= 4 is 5.97 Å². The Labute approximate surface area is 82.6 Å². The zero-order valence-corrected chi connectivity index (χ0v) is 8.10. The molecule has 0 fully saturated rings. The average molecular weight is 195 g/mol. The van der Waals surface area contributed by atoms with E-state index >= 15 is 0 Å². The number of ether oxygens (including phenoxy) is 1. The molecule has 0 aromatic rings. The molecule has 0 aromatic carbocycles. The second kappa shape index (κ2) is 5.32. The van der Waals surface area contributed by atoms with E-state index in [1.54, 1.807) is 6.08 Å². The van der Waals surface area contributed by atoms with Crippen LogP contribution in [0.2, 0.25) is 0 Å². The highest BCUT2D eigenvalue weighted by atomic mass is 16.5. The Bertz CT molecular complexity index is 281. The molecule has 0 amide bonds. The molecule has 1 rings (SSSR count). The predicted octanol–water partition coefficient (Wildman–Crippen LogP) is 1.96. The fraction of sp³-hybridized carbons (Fsp3) is 0.500. The number of rotatable bonds is 3. The third kappa shape index (κ3) is 3.12. The minimum Gasteiger partial charge on any atom is -0.466 e. The lowest BCUT2D eigenvalue weighted by Crippen LogP contribution is -2.08. The van der Waals surface area contributed by atoms with Crippen molar-refractivity contribution in [2.45, 2.75) is 25.3 Å². The first-order chi connectivity index (χ1) is 6.76. The first kappa shape index (κ1) is 10.6. The molecular formula is C10H13NO3. The van der Waals surface area contributed by atoms with Crippen molar-refractivity contribution in [2.75, 3.05) is 7.11 Å². The SMILES string of the molecule is COC(=O)/C=C/C1=CCCC(N=O)C1. The van der Waals surface area contributed by atoms with Crippen LogP contribution in [0.3, 0.4) is 0 Å². The van der Waals surface area contributed by atoms with E-state index in [-0.39, 0.29) is 12.0 Å². The van der Waals surface area contributed by atoms with E-state index in [2.05, 4.69) is 9.91 Å². The van der Waals surface area contributed by atoms with Gasteiger partial charge in [0.1, 0.15) is 0 Å². The molecule has 1 unspecified atom stereocenters. The molecule has 14 heavy (non-hydrogen) atoms. The summed E-state index contributed by atoms with van der Waals surface area (Å²) >= 11 is 0. The van der Waals surface area contributed by atoms with Crippen LogP contribution in [-0.4, -0.2) is 19.1 Å².